The van der Waals surface area contributed by atoms with E-state index in [-0.39, 0.29) is 6.61 Å². The van der Waals surface area contributed by atoms with E-state index in [2.05, 4.69) is 15.1 Å². The lowest BCUT2D eigenvalue weighted by atomic mass is 9.80. The number of aliphatic hydroxyl groups is 1. The van der Waals surface area contributed by atoms with Gasteiger partial charge in [0.05, 0.1) is 31.3 Å². The van der Waals surface area contributed by atoms with Crippen LogP contribution in [0.1, 0.15) is 25.3 Å². The van der Waals surface area contributed by atoms with Gasteiger partial charge in [0.25, 0.3) is 0 Å². The molecule has 40 heavy (non-hydrogen) atoms. The molecule has 4 rings (SSSR count). The summed E-state index contributed by atoms with van der Waals surface area (Å²) >= 11 is 6.00. The number of nitrogens with zero attached hydrogens (tertiary/aromatic N) is 2. The van der Waals surface area contributed by atoms with E-state index in [1.165, 1.54) is 14.2 Å². The quantitative estimate of drug-likeness (QED) is 0.440. The second-order valence-electron chi connectivity index (χ2n) is 9.92. The van der Waals surface area contributed by atoms with Crippen molar-refractivity contribution >= 4 is 29.2 Å². The molecule has 0 saturated carbocycles. The number of dihydropyridines is 1. The van der Waals surface area contributed by atoms with Crippen LogP contribution in [0.4, 0.5) is 5.69 Å². The molecule has 0 spiro atoms. The smallest absolute Gasteiger partial charge is 0.336 e. The van der Waals surface area contributed by atoms with Crippen LogP contribution in [0.25, 0.3) is 0 Å². The molecular formula is C30H36ClN3O6. The van der Waals surface area contributed by atoms with Gasteiger partial charge in [0, 0.05) is 54.8 Å². The van der Waals surface area contributed by atoms with Gasteiger partial charge in [0.1, 0.15) is 18.5 Å². The van der Waals surface area contributed by atoms with Crippen LogP contribution in [0.5, 0.6) is 5.75 Å². The number of methoxy groups -OCH3 is 2. The number of halogens is 1. The van der Waals surface area contributed by atoms with Crippen molar-refractivity contribution in [2.75, 3.05) is 58.5 Å². The first-order valence-corrected chi connectivity index (χ1v) is 13.6. The molecule has 0 aliphatic carbocycles. The van der Waals surface area contributed by atoms with Crippen LogP contribution >= 0.6 is 11.6 Å². The second kappa shape index (κ2) is 13.2. The summed E-state index contributed by atoms with van der Waals surface area (Å²) in [5.74, 6) is -1.14. The highest BCUT2D eigenvalue weighted by atomic mass is 35.5. The van der Waals surface area contributed by atoms with E-state index in [1.807, 2.05) is 24.3 Å². The second-order valence-corrected chi connectivity index (χ2v) is 10.4. The minimum Gasteiger partial charge on any atom is -0.491 e. The lowest BCUT2D eigenvalue weighted by Crippen LogP contribution is -2.49. The van der Waals surface area contributed by atoms with Gasteiger partial charge < -0.3 is 29.5 Å². The van der Waals surface area contributed by atoms with Gasteiger partial charge in [0.15, 0.2) is 0 Å². The van der Waals surface area contributed by atoms with E-state index in [0.29, 0.717) is 40.4 Å². The van der Waals surface area contributed by atoms with E-state index in [9.17, 15) is 14.7 Å². The lowest BCUT2D eigenvalue weighted by molar-refractivity contribution is -0.137. The van der Waals surface area contributed by atoms with E-state index in [1.54, 1.807) is 38.1 Å². The van der Waals surface area contributed by atoms with Gasteiger partial charge in [-0.3, -0.25) is 4.90 Å². The molecule has 0 aromatic heterocycles. The predicted molar refractivity (Wildman–Crippen MR) is 153 cm³/mol. The Morgan fingerprint density at radius 3 is 2.00 bits per heavy atom. The highest BCUT2D eigenvalue weighted by molar-refractivity contribution is 6.30. The fourth-order valence-corrected chi connectivity index (χ4v) is 5.35. The van der Waals surface area contributed by atoms with Crippen LogP contribution in [0.3, 0.4) is 0 Å². The Labute approximate surface area is 239 Å². The average molecular weight is 570 g/mol. The number of rotatable bonds is 9. The van der Waals surface area contributed by atoms with Crippen molar-refractivity contribution in [3.05, 3.63) is 81.7 Å². The molecular weight excluding hydrogens is 534 g/mol. The van der Waals surface area contributed by atoms with Gasteiger partial charge in [-0.05, 0) is 55.8 Å². The molecule has 214 valence electrons. The van der Waals surface area contributed by atoms with Crippen LogP contribution < -0.4 is 15.0 Å². The van der Waals surface area contributed by atoms with Crippen LogP contribution in [-0.4, -0.2) is 81.6 Å². The van der Waals surface area contributed by atoms with Crippen LogP contribution in [0.15, 0.2) is 71.1 Å². The highest BCUT2D eigenvalue weighted by Crippen LogP contribution is 2.39. The Kier molecular flexibility index (Phi) is 9.73. The van der Waals surface area contributed by atoms with Crippen molar-refractivity contribution in [1.29, 1.82) is 0 Å². The normalized spacial score (nSPS) is 17.4. The maximum atomic E-state index is 12.7. The third-order valence-corrected chi connectivity index (χ3v) is 7.51. The number of nitrogens with one attached hydrogen (secondary N) is 1. The summed E-state index contributed by atoms with van der Waals surface area (Å²) in [4.78, 5) is 29.9. The Bertz CT molecular complexity index is 1230. The molecule has 9 nitrogen and oxygen atoms in total. The first kappa shape index (κ1) is 29.5. The van der Waals surface area contributed by atoms with Gasteiger partial charge >= 0.3 is 11.9 Å². The fraction of sp³-hybridized carbons (Fsp3) is 0.400. The molecule has 2 aromatic rings. The number of aliphatic hydroxyl groups excluding tert-OH is 1. The zero-order valence-corrected chi connectivity index (χ0v) is 24.0. The number of piperazine rings is 1. The SMILES string of the molecule is COC(=O)C1=C(C)NC(C)=C(C(=O)OC)C1c1ccc(OCC(O)CN2CCN(c3ccc(Cl)cc3)CC2)cc1. The van der Waals surface area contributed by atoms with Gasteiger partial charge in [-0.2, -0.15) is 0 Å². The standard InChI is InChI=1S/C30H36ClN3O6/c1-19-26(29(36)38-3)28(27(20(2)32-19)30(37)39-4)21-5-11-25(12-6-21)40-18-24(35)17-33-13-15-34(16-14-33)23-9-7-22(31)8-10-23/h5-12,24,28,32,35H,13-18H2,1-4H3. The third kappa shape index (κ3) is 6.78. The molecule has 2 aromatic carbocycles. The van der Waals surface area contributed by atoms with Crippen LogP contribution in [0.2, 0.25) is 5.02 Å². The fourth-order valence-electron chi connectivity index (χ4n) is 5.23. The molecule has 1 atom stereocenters. The van der Waals surface area contributed by atoms with E-state index in [4.69, 9.17) is 25.8 Å². The number of benzene rings is 2. The van der Waals surface area contributed by atoms with E-state index in [0.717, 1.165) is 36.9 Å². The maximum Gasteiger partial charge on any atom is 0.336 e. The molecule has 0 amide bonds. The zero-order chi connectivity index (χ0) is 28.8. The summed E-state index contributed by atoms with van der Waals surface area (Å²) in [7, 11) is 2.62. The van der Waals surface area contributed by atoms with E-state index >= 15 is 0 Å². The molecule has 0 bridgehead atoms. The van der Waals surface area contributed by atoms with Crippen molar-refractivity contribution in [3.63, 3.8) is 0 Å². The molecule has 10 heteroatoms. The largest absolute Gasteiger partial charge is 0.491 e. The average Bonchev–Trinajstić information content (AvgIpc) is 2.96. The minimum absolute atomic E-state index is 0.142. The van der Waals surface area contributed by atoms with Gasteiger partial charge in [-0.1, -0.05) is 23.7 Å². The van der Waals surface area contributed by atoms with Crippen molar-refractivity contribution in [3.8, 4) is 5.75 Å². The summed E-state index contributed by atoms with van der Waals surface area (Å²) in [6, 6.07) is 15.0. The lowest BCUT2D eigenvalue weighted by Gasteiger charge is -2.36. The highest BCUT2D eigenvalue weighted by Gasteiger charge is 2.37. The first-order valence-electron chi connectivity index (χ1n) is 13.2. The molecule has 2 aliphatic heterocycles. The number of allylic oxidation sites excluding steroid dienone is 2. The van der Waals surface area contributed by atoms with Crippen molar-refractivity contribution in [1.82, 2.24) is 10.2 Å². The summed E-state index contributed by atoms with van der Waals surface area (Å²) in [6.45, 7) is 7.63. The molecule has 2 aliphatic rings. The number of hydrogen-bond acceptors (Lipinski definition) is 9. The number of esters is 2. The Morgan fingerprint density at radius 1 is 0.925 bits per heavy atom. The molecule has 1 fully saturated rings. The molecule has 1 saturated heterocycles. The summed E-state index contributed by atoms with van der Waals surface area (Å²) in [5, 5.41) is 14.4. The van der Waals surface area contributed by atoms with Gasteiger partial charge in [-0.25, -0.2) is 9.59 Å². The number of β-amino-alcohol motifs (C(OH)–C–C–N with tert-alkyl or cyclic N) is 1. The molecule has 2 N–H and O–H groups in total. The Morgan fingerprint density at radius 2 is 1.48 bits per heavy atom. The number of ether oxygens (including phenoxy) is 3. The van der Waals surface area contributed by atoms with E-state index < -0.39 is 24.0 Å². The van der Waals surface area contributed by atoms with Crippen molar-refractivity contribution < 1.29 is 28.9 Å². The predicted octanol–water partition coefficient (Wildman–Crippen LogP) is 3.48. The Balaban J connectivity index is 1.35. The number of carbonyl (C=O) groups excluding carboxylic acids is 2. The van der Waals surface area contributed by atoms with Crippen LogP contribution in [0, 0.1) is 0 Å². The van der Waals surface area contributed by atoms with Gasteiger partial charge in [-0.15, -0.1) is 0 Å². The molecule has 2 heterocycles. The molecule has 1 unspecified atom stereocenters. The van der Waals surface area contributed by atoms with Gasteiger partial charge in [0.2, 0.25) is 0 Å². The summed E-state index contributed by atoms with van der Waals surface area (Å²) in [5.41, 5.74) is 3.77. The maximum absolute atomic E-state index is 12.7. The topological polar surface area (TPSA) is 101 Å². The zero-order valence-electron chi connectivity index (χ0n) is 23.3. The summed E-state index contributed by atoms with van der Waals surface area (Å²) < 4.78 is 15.9. The van der Waals surface area contributed by atoms with Crippen molar-refractivity contribution in [2.24, 2.45) is 0 Å². The van der Waals surface area contributed by atoms with Crippen molar-refractivity contribution in [2.45, 2.75) is 25.9 Å². The first-order chi connectivity index (χ1) is 19.2. The van der Waals surface area contributed by atoms with Crippen LogP contribution in [-0.2, 0) is 19.1 Å². The number of hydrogen-bond donors (Lipinski definition) is 2. The number of anilines is 1. The summed E-state index contributed by atoms with van der Waals surface area (Å²) in [6.07, 6.45) is -0.654. The Hall–Kier alpha value is -3.53. The monoisotopic (exact) mass is 569 g/mol. The molecule has 0 radical (unpaired) electrons. The third-order valence-electron chi connectivity index (χ3n) is 7.26. The number of carbonyl (C=O) groups is 2. The minimum atomic E-state index is -0.660.